The van der Waals surface area contributed by atoms with Crippen molar-refractivity contribution in [2.24, 2.45) is 4.99 Å². The van der Waals surface area contributed by atoms with Crippen LogP contribution in [0.25, 0.3) is 0 Å². The van der Waals surface area contributed by atoms with Crippen LogP contribution in [0.5, 0.6) is 0 Å². The van der Waals surface area contributed by atoms with Crippen molar-refractivity contribution in [2.45, 2.75) is 50.4 Å². The second kappa shape index (κ2) is 9.32. The fourth-order valence-electron chi connectivity index (χ4n) is 3.89. The van der Waals surface area contributed by atoms with Gasteiger partial charge in [-0.2, -0.15) is 4.99 Å². The zero-order valence-electron chi connectivity index (χ0n) is 16.5. The van der Waals surface area contributed by atoms with Crippen molar-refractivity contribution >= 4 is 11.9 Å². The predicted molar refractivity (Wildman–Crippen MR) is 111 cm³/mol. The van der Waals surface area contributed by atoms with Gasteiger partial charge in [-0.05, 0) is 48.7 Å². The molecule has 1 aliphatic carbocycles. The van der Waals surface area contributed by atoms with E-state index in [9.17, 15) is 13.6 Å². The Labute approximate surface area is 174 Å². The lowest BCUT2D eigenvalue weighted by Gasteiger charge is -2.20. The number of nitrogens with one attached hydrogen (secondary N) is 4. The first kappa shape index (κ1) is 20.4. The molecule has 1 aliphatic heterocycles. The molecule has 8 heteroatoms. The molecular formula is C22H25F2N5O. The van der Waals surface area contributed by atoms with Gasteiger partial charge in [-0.25, -0.2) is 19.6 Å². The second-order valence-electron chi connectivity index (χ2n) is 7.73. The second-order valence-corrected chi connectivity index (χ2v) is 7.73. The van der Waals surface area contributed by atoms with Crippen molar-refractivity contribution in [3.8, 4) is 0 Å². The Morgan fingerprint density at radius 1 is 0.967 bits per heavy atom. The van der Waals surface area contributed by atoms with Crippen LogP contribution in [0.4, 0.5) is 8.78 Å². The van der Waals surface area contributed by atoms with Gasteiger partial charge in [-0.1, -0.05) is 31.0 Å². The number of hydrogen-bond acceptors (Lipinski definition) is 3. The third kappa shape index (κ3) is 5.20. The number of hydrogen-bond donors (Lipinski definition) is 4. The van der Waals surface area contributed by atoms with Crippen LogP contribution in [0.2, 0.25) is 0 Å². The van der Waals surface area contributed by atoms with Crippen LogP contribution in [0, 0.1) is 11.6 Å². The molecule has 2 atom stereocenters. The first-order chi connectivity index (χ1) is 14.6. The standard InChI is InChI=1S/C22H25F2N5O/c23-16-10-8-14(9-11-16)19-13-20(29-28-19)26-22(25-18-6-1-2-7-18)27-21(30)15-4-3-5-17(24)12-15/h3-5,8-12,18-20,28-29H,1-2,6-7,13H2,(H2,25,26,27,30). The van der Waals surface area contributed by atoms with Gasteiger partial charge in [0, 0.05) is 24.1 Å². The molecule has 1 saturated carbocycles. The van der Waals surface area contributed by atoms with Crippen molar-refractivity contribution in [3.05, 3.63) is 71.3 Å². The lowest BCUT2D eigenvalue weighted by atomic mass is 10.0. The molecule has 0 bridgehead atoms. The molecule has 2 aromatic carbocycles. The van der Waals surface area contributed by atoms with Crippen molar-refractivity contribution in [2.75, 3.05) is 0 Å². The van der Waals surface area contributed by atoms with E-state index in [2.05, 4.69) is 26.5 Å². The topological polar surface area (TPSA) is 77.5 Å². The zero-order chi connectivity index (χ0) is 20.9. The molecule has 1 saturated heterocycles. The summed E-state index contributed by atoms with van der Waals surface area (Å²) in [5.74, 6) is -0.887. The van der Waals surface area contributed by atoms with Gasteiger partial charge in [0.2, 0.25) is 5.96 Å². The number of amides is 1. The van der Waals surface area contributed by atoms with Crippen LogP contribution in [-0.4, -0.2) is 24.1 Å². The van der Waals surface area contributed by atoms with E-state index in [1.54, 1.807) is 18.2 Å². The van der Waals surface area contributed by atoms with Gasteiger partial charge in [-0.3, -0.25) is 4.79 Å². The van der Waals surface area contributed by atoms with Crippen molar-refractivity contribution in [1.29, 1.82) is 0 Å². The number of carbonyl (C=O) groups is 1. The summed E-state index contributed by atoms with van der Waals surface area (Å²) < 4.78 is 26.7. The molecule has 1 amide bonds. The summed E-state index contributed by atoms with van der Waals surface area (Å²) in [7, 11) is 0. The minimum atomic E-state index is -0.511. The van der Waals surface area contributed by atoms with Crippen molar-refractivity contribution in [3.63, 3.8) is 0 Å². The largest absolute Gasteiger partial charge is 0.353 e. The third-order valence-corrected chi connectivity index (χ3v) is 5.47. The van der Waals surface area contributed by atoms with E-state index in [0.717, 1.165) is 31.2 Å². The number of carbonyl (C=O) groups excluding carboxylic acids is 1. The van der Waals surface area contributed by atoms with E-state index < -0.39 is 11.7 Å². The molecule has 2 aliphatic rings. The van der Waals surface area contributed by atoms with Gasteiger partial charge in [-0.15, -0.1) is 0 Å². The number of rotatable bonds is 4. The van der Waals surface area contributed by atoms with Crippen LogP contribution >= 0.6 is 0 Å². The fourth-order valence-corrected chi connectivity index (χ4v) is 3.89. The van der Waals surface area contributed by atoms with E-state index in [4.69, 9.17) is 0 Å². The average Bonchev–Trinajstić information content (AvgIpc) is 3.41. The summed E-state index contributed by atoms with van der Waals surface area (Å²) in [6, 6.07) is 12.1. The molecule has 4 N–H and O–H groups in total. The molecule has 2 fully saturated rings. The number of aliphatic imine (C=N–C) groups is 1. The Morgan fingerprint density at radius 3 is 2.47 bits per heavy atom. The highest BCUT2D eigenvalue weighted by molar-refractivity contribution is 6.02. The summed E-state index contributed by atoms with van der Waals surface area (Å²) in [6.07, 6.45) is 4.79. The smallest absolute Gasteiger partial charge is 0.280 e. The summed E-state index contributed by atoms with van der Waals surface area (Å²) in [5, 5.41) is 6.57. The SMILES string of the molecule is O=C(/N=C(/NC1CCCC1)NC1CC(c2ccc(F)cc2)NN1)c1cccc(F)c1. The van der Waals surface area contributed by atoms with Crippen molar-refractivity contribution in [1.82, 2.24) is 21.5 Å². The van der Waals surface area contributed by atoms with Crippen LogP contribution in [-0.2, 0) is 0 Å². The van der Waals surface area contributed by atoms with E-state index in [-0.39, 0.29) is 29.6 Å². The first-order valence-corrected chi connectivity index (χ1v) is 10.2. The van der Waals surface area contributed by atoms with Crippen LogP contribution < -0.4 is 21.5 Å². The molecule has 158 valence electrons. The molecule has 0 spiro atoms. The minimum Gasteiger partial charge on any atom is -0.353 e. The van der Waals surface area contributed by atoms with Crippen LogP contribution in [0.15, 0.2) is 53.5 Å². The third-order valence-electron chi connectivity index (χ3n) is 5.47. The van der Waals surface area contributed by atoms with E-state index >= 15 is 0 Å². The monoisotopic (exact) mass is 413 g/mol. The highest BCUT2D eigenvalue weighted by Gasteiger charge is 2.27. The number of nitrogens with zero attached hydrogens (tertiary/aromatic N) is 1. The van der Waals surface area contributed by atoms with Gasteiger partial charge >= 0.3 is 0 Å². The maximum absolute atomic E-state index is 13.5. The summed E-state index contributed by atoms with van der Waals surface area (Å²) >= 11 is 0. The first-order valence-electron chi connectivity index (χ1n) is 10.2. The van der Waals surface area contributed by atoms with E-state index in [1.165, 1.54) is 30.3 Å². The van der Waals surface area contributed by atoms with Crippen molar-refractivity contribution < 1.29 is 13.6 Å². The van der Waals surface area contributed by atoms with Gasteiger partial charge in [0.15, 0.2) is 0 Å². The molecule has 0 aromatic heterocycles. The number of guanidine groups is 1. The molecule has 0 radical (unpaired) electrons. The fraction of sp³-hybridized carbons (Fsp3) is 0.364. The molecule has 2 unspecified atom stereocenters. The Bertz CT molecular complexity index is 912. The molecule has 2 aromatic rings. The molecule has 4 rings (SSSR count). The quantitative estimate of drug-likeness (QED) is 0.458. The van der Waals surface area contributed by atoms with Gasteiger partial charge in [0.1, 0.15) is 11.6 Å². The maximum Gasteiger partial charge on any atom is 0.280 e. The highest BCUT2D eigenvalue weighted by Crippen LogP contribution is 2.22. The van der Waals surface area contributed by atoms with E-state index in [1.807, 2.05) is 0 Å². The number of benzene rings is 2. The Balaban J connectivity index is 1.45. The molecule has 6 nitrogen and oxygen atoms in total. The molecular weight excluding hydrogens is 388 g/mol. The number of hydrazine groups is 1. The Hall–Kier alpha value is -2.84. The highest BCUT2D eigenvalue weighted by atomic mass is 19.1. The molecule has 30 heavy (non-hydrogen) atoms. The van der Waals surface area contributed by atoms with Crippen LogP contribution in [0.3, 0.4) is 0 Å². The Morgan fingerprint density at radius 2 is 1.73 bits per heavy atom. The average molecular weight is 413 g/mol. The van der Waals surface area contributed by atoms with Crippen LogP contribution in [0.1, 0.15) is 54.1 Å². The number of halogens is 2. The summed E-state index contributed by atoms with van der Waals surface area (Å²) in [6.45, 7) is 0. The van der Waals surface area contributed by atoms with Gasteiger partial charge < -0.3 is 10.6 Å². The minimum absolute atomic E-state index is 0.00486. The zero-order valence-corrected chi connectivity index (χ0v) is 16.5. The predicted octanol–water partition coefficient (Wildman–Crippen LogP) is 3.15. The normalized spacial score (nSPS) is 22.3. The summed E-state index contributed by atoms with van der Waals surface area (Å²) in [5.41, 5.74) is 7.49. The van der Waals surface area contributed by atoms with Gasteiger partial charge in [0.05, 0.1) is 6.17 Å². The Kier molecular flexibility index (Phi) is 6.35. The summed E-state index contributed by atoms with van der Waals surface area (Å²) in [4.78, 5) is 16.8. The lowest BCUT2D eigenvalue weighted by molar-refractivity contribution is 0.100. The van der Waals surface area contributed by atoms with E-state index in [0.29, 0.717) is 12.4 Å². The molecule has 1 heterocycles. The lowest BCUT2D eigenvalue weighted by Crippen LogP contribution is -2.51. The van der Waals surface area contributed by atoms with Gasteiger partial charge in [0.25, 0.3) is 5.91 Å². The maximum atomic E-state index is 13.5.